The lowest BCUT2D eigenvalue weighted by Crippen LogP contribution is -2.50. The van der Waals surface area contributed by atoms with Crippen LogP contribution in [0.4, 0.5) is 4.39 Å². The van der Waals surface area contributed by atoms with Gasteiger partial charge in [0.15, 0.2) is 0 Å². The van der Waals surface area contributed by atoms with Gasteiger partial charge in [-0.2, -0.15) is 4.31 Å². The molecule has 1 heterocycles. The second kappa shape index (κ2) is 6.85. The Morgan fingerprint density at radius 2 is 1.95 bits per heavy atom. The van der Waals surface area contributed by atoms with Crippen LogP contribution in [-0.2, 0) is 10.0 Å². The molecule has 1 N–H and O–H groups in total. The molecule has 0 amide bonds. The number of nitrogens with zero attached hydrogens (tertiary/aromatic N) is 1. The summed E-state index contributed by atoms with van der Waals surface area (Å²) < 4.78 is 39.7. The number of nitrogens with one attached hydrogen (secondary N) is 1. The second-order valence-corrected chi connectivity index (χ2v) is 7.38. The van der Waals surface area contributed by atoms with Gasteiger partial charge >= 0.3 is 0 Å². The molecule has 2 rings (SSSR count). The molecule has 0 aliphatic carbocycles. The van der Waals surface area contributed by atoms with Crippen molar-refractivity contribution in [3.63, 3.8) is 0 Å². The lowest BCUT2D eigenvalue weighted by molar-refractivity contribution is 0.204. The standard InChI is InChI=1S/C15H23FN2O2S/c1-3-12-11-18(10-9-15(12)17-4-2)21(19,20)14-7-5-13(16)6-8-14/h5-8,12,15,17H,3-4,9-11H2,1-2H3. The van der Waals surface area contributed by atoms with Gasteiger partial charge in [-0.3, -0.25) is 0 Å². The first-order chi connectivity index (χ1) is 9.98. The van der Waals surface area contributed by atoms with Crippen molar-refractivity contribution in [1.29, 1.82) is 0 Å². The number of hydrogen-bond donors (Lipinski definition) is 1. The normalized spacial score (nSPS) is 24.1. The highest BCUT2D eigenvalue weighted by molar-refractivity contribution is 7.89. The van der Waals surface area contributed by atoms with Crippen LogP contribution in [0.25, 0.3) is 0 Å². The summed E-state index contributed by atoms with van der Waals surface area (Å²) in [6.45, 7) is 6.07. The van der Waals surface area contributed by atoms with Crippen LogP contribution >= 0.6 is 0 Å². The van der Waals surface area contributed by atoms with E-state index in [1.54, 1.807) is 0 Å². The smallest absolute Gasteiger partial charge is 0.243 e. The fraction of sp³-hybridized carbons (Fsp3) is 0.600. The van der Waals surface area contributed by atoms with E-state index in [9.17, 15) is 12.8 Å². The molecule has 0 bridgehead atoms. The highest BCUT2D eigenvalue weighted by Crippen LogP contribution is 2.25. The summed E-state index contributed by atoms with van der Waals surface area (Å²) in [7, 11) is -3.52. The molecular formula is C15H23FN2O2S. The summed E-state index contributed by atoms with van der Waals surface area (Å²) in [5.41, 5.74) is 0. The molecule has 0 saturated carbocycles. The molecular weight excluding hydrogens is 291 g/mol. The minimum atomic E-state index is -3.52. The first-order valence-corrected chi connectivity index (χ1v) is 8.92. The van der Waals surface area contributed by atoms with Gasteiger partial charge < -0.3 is 5.32 Å². The lowest BCUT2D eigenvalue weighted by atomic mass is 9.91. The van der Waals surface area contributed by atoms with Crippen molar-refractivity contribution in [2.45, 2.75) is 37.6 Å². The summed E-state index contributed by atoms with van der Waals surface area (Å²) in [5.74, 6) is -0.111. The van der Waals surface area contributed by atoms with Crippen molar-refractivity contribution < 1.29 is 12.8 Å². The highest BCUT2D eigenvalue weighted by Gasteiger charge is 2.34. The van der Waals surface area contributed by atoms with E-state index in [2.05, 4.69) is 19.2 Å². The molecule has 6 heteroatoms. The molecule has 0 aromatic heterocycles. The molecule has 1 aromatic rings. The van der Waals surface area contributed by atoms with E-state index < -0.39 is 15.8 Å². The summed E-state index contributed by atoms with van der Waals surface area (Å²) in [6, 6.07) is 5.43. The fourth-order valence-corrected chi connectivity index (χ4v) is 4.43. The molecule has 2 unspecified atom stereocenters. The molecule has 0 radical (unpaired) electrons. The molecule has 1 aliphatic rings. The van der Waals surface area contributed by atoms with Crippen molar-refractivity contribution in [3.8, 4) is 0 Å². The Kier molecular flexibility index (Phi) is 5.35. The maximum atomic E-state index is 13.0. The first kappa shape index (κ1) is 16.4. The molecule has 1 saturated heterocycles. The molecule has 118 valence electrons. The summed E-state index contributed by atoms with van der Waals surface area (Å²) in [5, 5.41) is 3.43. The molecule has 1 aromatic carbocycles. The number of piperidine rings is 1. The van der Waals surface area contributed by atoms with E-state index in [1.807, 2.05) is 0 Å². The van der Waals surface area contributed by atoms with Crippen molar-refractivity contribution in [2.75, 3.05) is 19.6 Å². The van der Waals surface area contributed by atoms with E-state index >= 15 is 0 Å². The SMILES string of the molecule is CCNC1CCN(S(=O)(=O)c2ccc(F)cc2)CC1CC. The fourth-order valence-electron chi connectivity index (χ4n) is 2.92. The zero-order valence-electron chi connectivity index (χ0n) is 12.5. The minimum Gasteiger partial charge on any atom is -0.314 e. The van der Waals surface area contributed by atoms with Crippen molar-refractivity contribution in [3.05, 3.63) is 30.1 Å². The van der Waals surface area contributed by atoms with Gasteiger partial charge in [0.2, 0.25) is 10.0 Å². The minimum absolute atomic E-state index is 0.167. The van der Waals surface area contributed by atoms with Crippen molar-refractivity contribution in [2.24, 2.45) is 5.92 Å². The molecule has 1 aliphatic heterocycles. The predicted octanol–water partition coefficient (Wildman–Crippen LogP) is 2.22. The third-order valence-electron chi connectivity index (χ3n) is 4.14. The third-order valence-corrected chi connectivity index (χ3v) is 6.02. The maximum Gasteiger partial charge on any atom is 0.243 e. The van der Waals surface area contributed by atoms with Crippen LogP contribution in [0.2, 0.25) is 0 Å². The molecule has 0 spiro atoms. The average Bonchev–Trinajstić information content (AvgIpc) is 2.48. The average molecular weight is 314 g/mol. The largest absolute Gasteiger partial charge is 0.314 e. The third kappa shape index (κ3) is 3.62. The van der Waals surface area contributed by atoms with Crippen LogP contribution in [-0.4, -0.2) is 38.4 Å². The Labute approximate surface area is 126 Å². The number of benzene rings is 1. The Balaban J connectivity index is 2.16. The molecule has 1 fully saturated rings. The lowest BCUT2D eigenvalue weighted by Gasteiger charge is -2.37. The van der Waals surface area contributed by atoms with Gasteiger partial charge in [0.05, 0.1) is 4.90 Å². The van der Waals surface area contributed by atoms with Gasteiger partial charge in [-0.1, -0.05) is 20.3 Å². The summed E-state index contributed by atoms with van der Waals surface area (Å²) >= 11 is 0. The zero-order valence-corrected chi connectivity index (χ0v) is 13.4. The van der Waals surface area contributed by atoms with Gasteiger partial charge in [0.25, 0.3) is 0 Å². The maximum absolute atomic E-state index is 13.0. The Hall–Kier alpha value is -0.980. The highest BCUT2D eigenvalue weighted by atomic mass is 32.2. The zero-order chi connectivity index (χ0) is 15.5. The van der Waals surface area contributed by atoms with Gasteiger partial charge in [-0.15, -0.1) is 0 Å². The predicted molar refractivity (Wildman–Crippen MR) is 81.0 cm³/mol. The summed E-state index contributed by atoms with van der Waals surface area (Å²) in [4.78, 5) is 0.167. The number of halogens is 1. The molecule has 4 nitrogen and oxygen atoms in total. The number of sulfonamides is 1. The topological polar surface area (TPSA) is 49.4 Å². The van der Waals surface area contributed by atoms with Crippen LogP contribution in [0.3, 0.4) is 0 Å². The van der Waals surface area contributed by atoms with E-state index in [-0.39, 0.29) is 4.90 Å². The Morgan fingerprint density at radius 3 is 2.52 bits per heavy atom. The van der Waals surface area contributed by atoms with Crippen LogP contribution < -0.4 is 5.32 Å². The van der Waals surface area contributed by atoms with E-state index in [0.717, 1.165) is 19.4 Å². The molecule has 2 atom stereocenters. The molecule has 21 heavy (non-hydrogen) atoms. The number of hydrogen-bond acceptors (Lipinski definition) is 3. The monoisotopic (exact) mass is 314 g/mol. The van der Waals surface area contributed by atoms with E-state index in [1.165, 1.54) is 28.6 Å². The second-order valence-electron chi connectivity index (χ2n) is 5.44. The van der Waals surface area contributed by atoms with E-state index in [0.29, 0.717) is 25.0 Å². The quantitative estimate of drug-likeness (QED) is 0.906. The van der Waals surface area contributed by atoms with Crippen molar-refractivity contribution >= 4 is 10.0 Å². The van der Waals surface area contributed by atoms with Crippen LogP contribution in [0.15, 0.2) is 29.2 Å². The van der Waals surface area contributed by atoms with E-state index in [4.69, 9.17) is 0 Å². The van der Waals surface area contributed by atoms with Gasteiger partial charge in [-0.05, 0) is 43.1 Å². The van der Waals surface area contributed by atoms with Crippen LogP contribution in [0.1, 0.15) is 26.7 Å². The Bertz CT molecular complexity index is 560. The Morgan fingerprint density at radius 1 is 1.29 bits per heavy atom. The first-order valence-electron chi connectivity index (χ1n) is 7.48. The van der Waals surface area contributed by atoms with Crippen LogP contribution in [0.5, 0.6) is 0 Å². The number of rotatable bonds is 5. The van der Waals surface area contributed by atoms with Crippen molar-refractivity contribution in [1.82, 2.24) is 9.62 Å². The van der Waals surface area contributed by atoms with Gasteiger partial charge in [-0.25, -0.2) is 12.8 Å². The van der Waals surface area contributed by atoms with Gasteiger partial charge in [0.1, 0.15) is 5.82 Å². The summed E-state index contributed by atoms with van der Waals surface area (Å²) in [6.07, 6.45) is 1.75. The van der Waals surface area contributed by atoms with Gasteiger partial charge in [0, 0.05) is 19.1 Å². The van der Waals surface area contributed by atoms with Crippen LogP contribution in [0, 0.1) is 11.7 Å².